The molecule has 190 valence electrons. The number of fused-ring (bicyclic) bond motifs is 2. The van der Waals surface area contributed by atoms with E-state index in [1.165, 1.54) is 16.4 Å². The molecular formula is C27H26FN5O3S. The number of halogens is 1. The van der Waals surface area contributed by atoms with Crippen LogP contribution in [0.25, 0.3) is 0 Å². The molecule has 0 N–H and O–H groups in total. The summed E-state index contributed by atoms with van der Waals surface area (Å²) in [5, 5.41) is 8.37. The average Bonchev–Trinajstić information content (AvgIpc) is 3.58. The normalized spacial score (nSPS) is 16.9. The Balaban J connectivity index is 1.33. The highest BCUT2D eigenvalue weighted by molar-refractivity contribution is 7.89. The van der Waals surface area contributed by atoms with Crippen LogP contribution in [0.15, 0.2) is 77.8 Å². The number of rotatable bonds is 5. The summed E-state index contributed by atoms with van der Waals surface area (Å²) < 4.78 is 50.3. The van der Waals surface area contributed by atoms with Gasteiger partial charge in [0.2, 0.25) is 10.0 Å². The fourth-order valence-electron chi connectivity index (χ4n) is 4.81. The van der Waals surface area contributed by atoms with Gasteiger partial charge in [-0.2, -0.15) is 4.31 Å². The van der Waals surface area contributed by atoms with Crippen molar-refractivity contribution in [2.75, 3.05) is 18.0 Å². The zero-order valence-corrected chi connectivity index (χ0v) is 20.9. The van der Waals surface area contributed by atoms with E-state index >= 15 is 0 Å². The Kier molecular flexibility index (Phi) is 6.13. The van der Waals surface area contributed by atoms with Crippen LogP contribution in [0.2, 0.25) is 0 Å². The first-order valence-electron chi connectivity index (χ1n) is 12.2. The Labute approximate surface area is 215 Å². The maximum absolute atomic E-state index is 13.9. The summed E-state index contributed by atoms with van der Waals surface area (Å²) in [5.74, 6) is 0.645. The first-order valence-corrected chi connectivity index (χ1v) is 13.7. The van der Waals surface area contributed by atoms with Gasteiger partial charge in [-0.15, -0.1) is 5.10 Å². The molecule has 2 aliphatic heterocycles. The molecule has 0 bridgehead atoms. The van der Waals surface area contributed by atoms with Gasteiger partial charge in [0.25, 0.3) is 0 Å². The molecule has 0 unspecified atom stereocenters. The van der Waals surface area contributed by atoms with Crippen LogP contribution in [0.3, 0.4) is 0 Å². The molecule has 10 heteroatoms. The molecule has 1 fully saturated rings. The molecule has 2 aliphatic rings. The minimum atomic E-state index is -3.91. The van der Waals surface area contributed by atoms with E-state index in [0.717, 1.165) is 42.7 Å². The monoisotopic (exact) mass is 519 g/mol. The summed E-state index contributed by atoms with van der Waals surface area (Å²) in [4.78, 5) is 2.38. The molecule has 0 aliphatic carbocycles. The van der Waals surface area contributed by atoms with E-state index in [0.29, 0.717) is 23.7 Å². The molecule has 37 heavy (non-hydrogen) atoms. The molecule has 1 saturated heterocycles. The highest BCUT2D eigenvalue weighted by atomic mass is 32.2. The fraction of sp³-hybridized carbons (Fsp3) is 0.259. The summed E-state index contributed by atoms with van der Waals surface area (Å²) in [6, 6.07) is 19.0. The minimum absolute atomic E-state index is 0.0490. The van der Waals surface area contributed by atoms with E-state index in [1.807, 2.05) is 36.4 Å². The minimum Gasteiger partial charge on any atom is -0.456 e. The van der Waals surface area contributed by atoms with Gasteiger partial charge < -0.3 is 9.64 Å². The third-order valence-corrected chi connectivity index (χ3v) is 8.57. The third-order valence-electron chi connectivity index (χ3n) is 6.74. The van der Waals surface area contributed by atoms with Crippen LogP contribution in [0.1, 0.15) is 29.7 Å². The number of hydrogen-bond donors (Lipinski definition) is 0. The van der Waals surface area contributed by atoms with Gasteiger partial charge in [0.1, 0.15) is 22.2 Å². The van der Waals surface area contributed by atoms with Crippen LogP contribution in [0.5, 0.6) is 11.5 Å². The van der Waals surface area contributed by atoms with Crippen LogP contribution >= 0.6 is 0 Å². The van der Waals surface area contributed by atoms with Gasteiger partial charge in [-0.1, -0.05) is 35.5 Å². The topological polar surface area (TPSA) is 80.6 Å². The molecule has 0 atom stereocenters. The second kappa shape index (κ2) is 9.60. The van der Waals surface area contributed by atoms with E-state index in [4.69, 9.17) is 4.74 Å². The third kappa shape index (κ3) is 4.82. The van der Waals surface area contributed by atoms with Gasteiger partial charge in [-0.3, -0.25) is 0 Å². The number of nitrogens with zero attached hydrogens (tertiary/aromatic N) is 5. The standard InChI is InChI=1S/C27H26FN5O3S/c28-22-9-7-20(8-10-22)16-32-18-23(29-30-32)19-33-17-21-5-1-2-6-25(21)36-26-15-24(31-13-3-4-14-31)11-12-27(26)37(33,34)35/h1-2,5-12,15,18H,3-4,13-14,16-17,19H2. The molecule has 0 radical (unpaired) electrons. The number of benzene rings is 3. The van der Waals surface area contributed by atoms with Gasteiger partial charge in [-0.25, -0.2) is 17.5 Å². The van der Waals surface area contributed by atoms with Crippen LogP contribution in [-0.2, 0) is 29.7 Å². The van der Waals surface area contributed by atoms with Crippen LogP contribution in [0, 0.1) is 5.82 Å². The van der Waals surface area contributed by atoms with Crippen molar-refractivity contribution < 1.29 is 17.5 Å². The molecule has 3 aromatic carbocycles. The van der Waals surface area contributed by atoms with E-state index in [1.54, 1.807) is 29.1 Å². The first kappa shape index (κ1) is 23.6. The lowest BCUT2D eigenvalue weighted by atomic mass is 10.2. The Bertz CT molecular complexity index is 1530. The van der Waals surface area contributed by atoms with Gasteiger partial charge >= 0.3 is 0 Å². The van der Waals surface area contributed by atoms with Crippen molar-refractivity contribution in [3.63, 3.8) is 0 Å². The second-order valence-corrected chi connectivity index (χ2v) is 11.2. The van der Waals surface area contributed by atoms with Crippen LogP contribution < -0.4 is 9.64 Å². The zero-order valence-electron chi connectivity index (χ0n) is 20.1. The molecule has 1 aromatic heterocycles. The lowest BCUT2D eigenvalue weighted by Crippen LogP contribution is -2.32. The van der Waals surface area contributed by atoms with E-state index < -0.39 is 10.0 Å². The molecule has 3 heterocycles. The molecule has 0 saturated carbocycles. The molecular weight excluding hydrogens is 493 g/mol. The smallest absolute Gasteiger partial charge is 0.247 e. The average molecular weight is 520 g/mol. The second-order valence-electron chi connectivity index (χ2n) is 9.34. The number of hydrogen-bond acceptors (Lipinski definition) is 6. The van der Waals surface area contributed by atoms with E-state index in [9.17, 15) is 12.8 Å². The van der Waals surface area contributed by atoms with Crippen molar-refractivity contribution in [3.05, 3.63) is 95.6 Å². The Morgan fingerprint density at radius 1 is 0.919 bits per heavy atom. The summed E-state index contributed by atoms with van der Waals surface area (Å²) in [6.45, 7) is 2.48. The maximum Gasteiger partial charge on any atom is 0.247 e. The van der Waals surface area contributed by atoms with Crippen molar-refractivity contribution in [1.82, 2.24) is 19.3 Å². The van der Waals surface area contributed by atoms with Crippen molar-refractivity contribution in [1.29, 1.82) is 0 Å². The number of ether oxygens (including phenoxy) is 1. The maximum atomic E-state index is 13.9. The molecule has 0 spiro atoms. The first-order chi connectivity index (χ1) is 18.0. The number of anilines is 1. The highest BCUT2D eigenvalue weighted by Crippen LogP contribution is 2.39. The Morgan fingerprint density at radius 3 is 2.51 bits per heavy atom. The van der Waals surface area contributed by atoms with Crippen molar-refractivity contribution in [3.8, 4) is 11.5 Å². The molecule has 8 nitrogen and oxygen atoms in total. The van der Waals surface area contributed by atoms with Crippen LogP contribution in [0.4, 0.5) is 10.1 Å². The zero-order chi connectivity index (χ0) is 25.4. The molecule has 0 amide bonds. The van der Waals surface area contributed by atoms with Gasteiger partial charge in [0, 0.05) is 37.0 Å². The van der Waals surface area contributed by atoms with Gasteiger partial charge in [-0.05, 0) is 48.7 Å². The van der Waals surface area contributed by atoms with Gasteiger partial charge in [0.15, 0.2) is 0 Å². The largest absolute Gasteiger partial charge is 0.456 e. The van der Waals surface area contributed by atoms with Crippen LogP contribution in [-0.4, -0.2) is 40.8 Å². The molecule has 4 aromatic rings. The fourth-order valence-corrected chi connectivity index (χ4v) is 6.30. The number of sulfonamides is 1. The summed E-state index contributed by atoms with van der Waals surface area (Å²) in [6.07, 6.45) is 3.96. The van der Waals surface area contributed by atoms with Crippen molar-refractivity contribution in [2.45, 2.75) is 37.4 Å². The predicted molar refractivity (Wildman–Crippen MR) is 136 cm³/mol. The van der Waals surface area contributed by atoms with Gasteiger partial charge in [0.05, 0.1) is 25.0 Å². The SMILES string of the molecule is O=S1(=O)c2ccc(N3CCCC3)cc2Oc2ccccc2CN1Cc1cn(Cc2ccc(F)cc2)nn1. The number of para-hydroxylation sites is 1. The summed E-state index contributed by atoms with van der Waals surface area (Å²) in [5.41, 5.74) is 3.10. The quantitative estimate of drug-likeness (QED) is 0.385. The van der Waals surface area contributed by atoms with E-state index in [2.05, 4.69) is 15.2 Å². The summed E-state index contributed by atoms with van der Waals surface area (Å²) in [7, 11) is -3.91. The Morgan fingerprint density at radius 2 is 1.70 bits per heavy atom. The Hall–Kier alpha value is -3.76. The number of aromatic nitrogens is 3. The lowest BCUT2D eigenvalue weighted by Gasteiger charge is -2.28. The molecule has 6 rings (SSSR count). The lowest BCUT2D eigenvalue weighted by molar-refractivity contribution is 0.371. The predicted octanol–water partition coefficient (Wildman–Crippen LogP) is 4.56. The summed E-state index contributed by atoms with van der Waals surface area (Å²) >= 11 is 0. The highest BCUT2D eigenvalue weighted by Gasteiger charge is 2.33. The van der Waals surface area contributed by atoms with Crippen molar-refractivity contribution >= 4 is 15.7 Å². The van der Waals surface area contributed by atoms with Crippen molar-refractivity contribution in [2.24, 2.45) is 0 Å². The van der Waals surface area contributed by atoms with E-state index in [-0.39, 0.29) is 23.8 Å².